The summed E-state index contributed by atoms with van der Waals surface area (Å²) in [6.45, 7) is 1.37. The van der Waals surface area contributed by atoms with Gasteiger partial charge in [-0.05, 0) is 25.1 Å². The number of rotatable bonds is 4. The van der Waals surface area contributed by atoms with E-state index in [0.717, 1.165) is 5.39 Å². The fourth-order valence-corrected chi connectivity index (χ4v) is 3.56. The van der Waals surface area contributed by atoms with Crippen molar-refractivity contribution in [2.75, 3.05) is 0 Å². The van der Waals surface area contributed by atoms with Crippen LogP contribution >= 0.6 is 0 Å². The first-order chi connectivity index (χ1) is 11.4. The van der Waals surface area contributed by atoms with Crippen molar-refractivity contribution in [3.8, 4) is 5.75 Å². The van der Waals surface area contributed by atoms with Crippen LogP contribution < -0.4 is 4.18 Å². The van der Waals surface area contributed by atoms with E-state index in [2.05, 4.69) is 4.98 Å². The molecule has 0 fully saturated rings. The molecule has 0 aliphatic heterocycles. The van der Waals surface area contributed by atoms with Gasteiger partial charge in [0, 0.05) is 23.2 Å². The number of nitro groups is 1. The predicted octanol–water partition coefficient (Wildman–Crippen LogP) is 3.22. The highest BCUT2D eigenvalue weighted by Gasteiger charge is 2.25. The number of nitrogens with zero attached hydrogens (tertiary/aromatic N) is 2. The van der Waals surface area contributed by atoms with E-state index in [-0.39, 0.29) is 21.9 Å². The third-order valence-corrected chi connectivity index (χ3v) is 4.90. The maximum absolute atomic E-state index is 12.6. The van der Waals surface area contributed by atoms with Gasteiger partial charge in [-0.15, -0.1) is 0 Å². The minimum atomic E-state index is -4.24. The molecule has 0 aliphatic carbocycles. The first-order valence-electron chi connectivity index (χ1n) is 6.92. The molecule has 1 heterocycles. The second-order valence-corrected chi connectivity index (χ2v) is 6.54. The van der Waals surface area contributed by atoms with E-state index in [1.165, 1.54) is 37.4 Å². The number of fused-ring (bicyclic) bond motifs is 1. The van der Waals surface area contributed by atoms with Crippen LogP contribution in [0.15, 0.2) is 59.6 Å². The van der Waals surface area contributed by atoms with Crippen molar-refractivity contribution in [3.63, 3.8) is 0 Å². The summed E-state index contributed by atoms with van der Waals surface area (Å²) >= 11 is 0. The first-order valence-corrected chi connectivity index (χ1v) is 8.33. The van der Waals surface area contributed by atoms with Crippen LogP contribution in [0.2, 0.25) is 0 Å². The lowest BCUT2D eigenvalue weighted by molar-refractivity contribution is -0.385. The highest BCUT2D eigenvalue weighted by Crippen LogP contribution is 2.30. The highest BCUT2D eigenvalue weighted by atomic mass is 32.2. The summed E-state index contributed by atoms with van der Waals surface area (Å²) in [5.74, 6) is 0.0685. The third kappa shape index (κ3) is 2.79. The van der Waals surface area contributed by atoms with Gasteiger partial charge in [0.05, 0.1) is 4.92 Å². The fraction of sp³-hybridized carbons (Fsp3) is 0.0625. The summed E-state index contributed by atoms with van der Waals surface area (Å²) in [4.78, 5) is 14.2. The Labute approximate surface area is 137 Å². The molecule has 0 spiro atoms. The monoisotopic (exact) mass is 344 g/mol. The molecule has 0 radical (unpaired) electrons. The fourth-order valence-electron chi connectivity index (χ4n) is 2.38. The van der Waals surface area contributed by atoms with E-state index in [1.807, 2.05) is 0 Å². The largest absolute Gasteiger partial charge is 0.377 e. The van der Waals surface area contributed by atoms with Crippen LogP contribution in [0.25, 0.3) is 10.9 Å². The van der Waals surface area contributed by atoms with E-state index in [0.29, 0.717) is 5.52 Å². The van der Waals surface area contributed by atoms with Crippen molar-refractivity contribution in [2.45, 2.75) is 11.8 Å². The molecule has 0 amide bonds. The molecular weight excluding hydrogens is 332 g/mol. The summed E-state index contributed by atoms with van der Waals surface area (Å²) in [5.41, 5.74) is 0.137. The van der Waals surface area contributed by atoms with Gasteiger partial charge < -0.3 is 4.18 Å². The molecule has 1 aromatic heterocycles. The summed E-state index contributed by atoms with van der Waals surface area (Å²) in [6, 6.07) is 12.2. The molecule has 0 saturated heterocycles. The maximum Gasteiger partial charge on any atom is 0.339 e. The van der Waals surface area contributed by atoms with Crippen molar-refractivity contribution >= 4 is 26.7 Å². The molecule has 0 aliphatic rings. The zero-order valence-electron chi connectivity index (χ0n) is 12.5. The molecule has 7 nitrogen and oxygen atoms in total. The Morgan fingerprint density at radius 3 is 2.54 bits per heavy atom. The number of benzene rings is 2. The van der Waals surface area contributed by atoms with E-state index >= 15 is 0 Å². The molecular formula is C16H12N2O5S. The van der Waals surface area contributed by atoms with Crippen molar-refractivity contribution in [3.05, 3.63) is 70.4 Å². The molecule has 0 unspecified atom stereocenters. The van der Waals surface area contributed by atoms with E-state index in [9.17, 15) is 18.5 Å². The quantitative estimate of drug-likeness (QED) is 0.409. The van der Waals surface area contributed by atoms with Crippen LogP contribution in [-0.4, -0.2) is 18.3 Å². The van der Waals surface area contributed by atoms with Gasteiger partial charge in [0.2, 0.25) is 0 Å². The minimum absolute atomic E-state index is 0.0238. The van der Waals surface area contributed by atoms with Crippen LogP contribution in [0.1, 0.15) is 5.56 Å². The van der Waals surface area contributed by atoms with Gasteiger partial charge >= 0.3 is 10.1 Å². The van der Waals surface area contributed by atoms with Crippen LogP contribution in [0.4, 0.5) is 5.69 Å². The predicted molar refractivity (Wildman–Crippen MR) is 87.4 cm³/mol. The Bertz CT molecular complexity index is 1040. The summed E-state index contributed by atoms with van der Waals surface area (Å²) in [7, 11) is -4.24. The molecule has 8 heteroatoms. The first kappa shape index (κ1) is 15.9. The minimum Gasteiger partial charge on any atom is -0.377 e. The molecule has 0 N–H and O–H groups in total. The zero-order chi connectivity index (χ0) is 17.3. The summed E-state index contributed by atoms with van der Waals surface area (Å²) in [6.07, 6.45) is 1.53. The smallest absolute Gasteiger partial charge is 0.339 e. The summed E-state index contributed by atoms with van der Waals surface area (Å²) in [5, 5.41) is 11.7. The van der Waals surface area contributed by atoms with E-state index in [4.69, 9.17) is 4.18 Å². The number of nitro benzene ring substituents is 1. The lowest BCUT2D eigenvalue weighted by Gasteiger charge is -2.10. The zero-order valence-corrected chi connectivity index (χ0v) is 13.4. The Morgan fingerprint density at radius 1 is 1.08 bits per heavy atom. The van der Waals surface area contributed by atoms with Crippen LogP contribution in [0.3, 0.4) is 0 Å². The SMILES string of the molecule is Cc1c([N+](=O)[O-])cccc1S(=O)(=O)Oc1cccc2cccnc12. The molecule has 24 heavy (non-hydrogen) atoms. The van der Waals surface area contributed by atoms with Crippen LogP contribution in [0.5, 0.6) is 5.75 Å². The lowest BCUT2D eigenvalue weighted by atomic mass is 10.2. The molecule has 2 aromatic carbocycles. The van der Waals surface area contributed by atoms with Gasteiger partial charge in [-0.3, -0.25) is 15.1 Å². The Morgan fingerprint density at radius 2 is 1.79 bits per heavy atom. The third-order valence-electron chi connectivity index (χ3n) is 3.52. The normalized spacial score (nSPS) is 11.4. The standard InChI is InChI=1S/C16H12N2O5S/c1-11-13(18(19)20)7-3-9-15(11)24(21,22)23-14-8-2-5-12-6-4-10-17-16(12)14/h2-10H,1H3. The van der Waals surface area contributed by atoms with Crippen LogP contribution in [-0.2, 0) is 10.1 Å². The summed E-state index contributed by atoms with van der Waals surface area (Å²) < 4.78 is 30.3. The van der Waals surface area contributed by atoms with E-state index < -0.39 is 15.0 Å². The Kier molecular flexibility index (Phi) is 3.90. The molecule has 0 atom stereocenters. The number of para-hydroxylation sites is 1. The Hall–Kier alpha value is -3.00. The highest BCUT2D eigenvalue weighted by molar-refractivity contribution is 7.87. The van der Waals surface area contributed by atoms with Crippen LogP contribution in [0, 0.1) is 17.0 Å². The topological polar surface area (TPSA) is 99.4 Å². The molecule has 3 aromatic rings. The van der Waals surface area contributed by atoms with Gasteiger partial charge in [-0.25, -0.2) is 0 Å². The second kappa shape index (κ2) is 5.89. The number of hydrogen-bond donors (Lipinski definition) is 0. The second-order valence-electron chi connectivity index (χ2n) is 5.03. The van der Waals surface area contributed by atoms with Gasteiger partial charge in [0.25, 0.3) is 5.69 Å². The average Bonchev–Trinajstić information content (AvgIpc) is 2.54. The maximum atomic E-state index is 12.6. The van der Waals surface area contributed by atoms with Gasteiger partial charge in [0.15, 0.2) is 5.75 Å². The van der Waals surface area contributed by atoms with E-state index in [1.54, 1.807) is 24.3 Å². The molecule has 0 bridgehead atoms. The Balaban J connectivity index is 2.09. The number of hydrogen-bond acceptors (Lipinski definition) is 6. The van der Waals surface area contributed by atoms with Gasteiger partial charge in [0.1, 0.15) is 10.4 Å². The van der Waals surface area contributed by atoms with Gasteiger partial charge in [-0.2, -0.15) is 8.42 Å². The molecule has 3 rings (SSSR count). The van der Waals surface area contributed by atoms with Gasteiger partial charge in [-0.1, -0.05) is 24.3 Å². The average molecular weight is 344 g/mol. The van der Waals surface area contributed by atoms with Crippen molar-refractivity contribution in [1.82, 2.24) is 4.98 Å². The molecule has 122 valence electrons. The molecule has 0 saturated carbocycles. The van der Waals surface area contributed by atoms with Crippen molar-refractivity contribution < 1.29 is 17.5 Å². The number of pyridine rings is 1. The van der Waals surface area contributed by atoms with Crippen molar-refractivity contribution in [1.29, 1.82) is 0 Å². The lowest BCUT2D eigenvalue weighted by Crippen LogP contribution is -2.12. The van der Waals surface area contributed by atoms with Crippen molar-refractivity contribution in [2.24, 2.45) is 0 Å². The number of aromatic nitrogens is 1.